The van der Waals surface area contributed by atoms with Crippen LogP contribution in [0.1, 0.15) is 25.3 Å². The number of likely N-dealkylation sites (tertiary alicyclic amines) is 1. The largest absolute Gasteiger partial charge is 0.379 e. The lowest BCUT2D eigenvalue weighted by Crippen LogP contribution is -2.60. The zero-order valence-corrected chi connectivity index (χ0v) is 15.3. The lowest BCUT2D eigenvalue weighted by molar-refractivity contribution is -0.160. The van der Waals surface area contributed by atoms with Crippen molar-refractivity contribution < 1.29 is 18.7 Å². The molecule has 3 rings (SSSR count). The van der Waals surface area contributed by atoms with E-state index in [0.29, 0.717) is 25.9 Å². The van der Waals surface area contributed by atoms with Crippen LogP contribution in [-0.2, 0) is 11.3 Å². The van der Waals surface area contributed by atoms with E-state index in [0.717, 1.165) is 38.8 Å². The topological polar surface area (TPSA) is 47.0 Å². The highest BCUT2D eigenvalue weighted by Crippen LogP contribution is 2.26. The number of likely N-dealkylation sites (N-methyl/N-ethyl adjacent to an activating group) is 1. The Morgan fingerprint density at radius 3 is 2.50 bits per heavy atom. The number of piperidine rings is 1. The van der Waals surface area contributed by atoms with Gasteiger partial charge in [-0.2, -0.15) is 0 Å². The van der Waals surface area contributed by atoms with Crippen LogP contribution in [0.5, 0.6) is 0 Å². The smallest absolute Gasteiger partial charge is 0.256 e. The van der Waals surface area contributed by atoms with E-state index >= 15 is 0 Å². The predicted octanol–water partition coefficient (Wildman–Crippen LogP) is 1.46. The van der Waals surface area contributed by atoms with Crippen LogP contribution in [-0.4, -0.2) is 77.1 Å². The molecule has 0 radical (unpaired) electrons. The Morgan fingerprint density at radius 2 is 1.81 bits per heavy atom. The summed E-state index contributed by atoms with van der Waals surface area (Å²) in [6, 6.07) is 3.97. The van der Waals surface area contributed by atoms with Gasteiger partial charge < -0.3 is 14.9 Å². The number of aliphatic hydroxyl groups is 1. The zero-order chi connectivity index (χ0) is 18.7. The monoisotopic (exact) mass is 367 g/mol. The van der Waals surface area contributed by atoms with Gasteiger partial charge in [-0.1, -0.05) is 19.1 Å². The average molecular weight is 367 g/mol. The zero-order valence-electron chi connectivity index (χ0n) is 15.3. The molecule has 0 unspecified atom stereocenters. The molecule has 7 heteroatoms. The van der Waals surface area contributed by atoms with Crippen molar-refractivity contribution in [3.63, 3.8) is 0 Å². The highest BCUT2D eigenvalue weighted by atomic mass is 19.2. The van der Waals surface area contributed by atoms with Gasteiger partial charge in [0, 0.05) is 51.4 Å². The van der Waals surface area contributed by atoms with Gasteiger partial charge in [-0.15, -0.1) is 0 Å². The van der Waals surface area contributed by atoms with Gasteiger partial charge in [-0.25, -0.2) is 8.78 Å². The molecule has 1 amide bonds. The van der Waals surface area contributed by atoms with E-state index in [9.17, 15) is 18.7 Å². The van der Waals surface area contributed by atoms with Gasteiger partial charge in [0.15, 0.2) is 17.2 Å². The molecular weight excluding hydrogens is 340 g/mol. The summed E-state index contributed by atoms with van der Waals surface area (Å²) < 4.78 is 27.3. The van der Waals surface area contributed by atoms with Gasteiger partial charge in [0.05, 0.1) is 0 Å². The molecule has 0 bridgehead atoms. The molecule has 2 saturated heterocycles. The lowest BCUT2D eigenvalue weighted by atomic mass is 9.90. The van der Waals surface area contributed by atoms with E-state index < -0.39 is 17.2 Å². The molecule has 0 saturated carbocycles. The molecule has 2 aliphatic heterocycles. The van der Waals surface area contributed by atoms with Crippen molar-refractivity contribution in [2.75, 3.05) is 45.8 Å². The summed E-state index contributed by atoms with van der Waals surface area (Å²) in [4.78, 5) is 18.8. The summed E-state index contributed by atoms with van der Waals surface area (Å²) in [6.45, 7) is 7.35. The summed E-state index contributed by atoms with van der Waals surface area (Å²) in [5.74, 6) is -2.23. The minimum Gasteiger partial charge on any atom is -0.379 e. The van der Waals surface area contributed by atoms with Crippen molar-refractivity contribution in [3.05, 3.63) is 35.4 Å². The number of β-amino-alcohol motifs (C(OH)–C–C–N with tert-alkyl or cyclic N) is 1. The van der Waals surface area contributed by atoms with Crippen molar-refractivity contribution in [1.82, 2.24) is 14.7 Å². The summed E-state index contributed by atoms with van der Waals surface area (Å²) in [5.41, 5.74) is -1.31. The van der Waals surface area contributed by atoms with Crippen LogP contribution in [0.25, 0.3) is 0 Å². The fourth-order valence-corrected chi connectivity index (χ4v) is 3.87. The number of rotatable bonds is 5. The number of amides is 1. The first-order chi connectivity index (χ1) is 12.4. The first-order valence-electron chi connectivity index (χ1n) is 9.32. The number of carbonyl (C=O) groups is 1. The van der Waals surface area contributed by atoms with E-state index in [4.69, 9.17) is 0 Å². The Kier molecular flexibility index (Phi) is 5.89. The first-order valence-corrected chi connectivity index (χ1v) is 9.32. The van der Waals surface area contributed by atoms with Crippen LogP contribution in [0, 0.1) is 11.6 Å². The fourth-order valence-electron chi connectivity index (χ4n) is 3.87. The van der Waals surface area contributed by atoms with E-state index in [1.54, 1.807) is 0 Å². The van der Waals surface area contributed by atoms with Crippen molar-refractivity contribution >= 4 is 5.91 Å². The van der Waals surface area contributed by atoms with Crippen LogP contribution >= 0.6 is 0 Å². The van der Waals surface area contributed by atoms with Gasteiger partial charge in [0.2, 0.25) is 0 Å². The van der Waals surface area contributed by atoms with Gasteiger partial charge in [-0.3, -0.25) is 9.69 Å². The Labute approximate surface area is 153 Å². The molecule has 2 fully saturated rings. The Balaban J connectivity index is 1.65. The number of carbonyl (C=O) groups excluding carboxylic acids is 1. The molecule has 1 aromatic carbocycles. The second kappa shape index (κ2) is 7.98. The van der Waals surface area contributed by atoms with Crippen LogP contribution < -0.4 is 0 Å². The summed E-state index contributed by atoms with van der Waals surface area (Å²) >= 11 is 0. The normalized spacial score (nSPS) is 25.7. The maximum absolute atomic E-state index is 13.9. The van der Waals surface area contributed by atoms with Crippen molar-refractivity contribution in [3.8, 4) is 0 Å². The van der Waals surface area contributed by atoms with Crippen LogP contribution in [0.3, 0.4) is 0 Å². The second-order valence-electron chi connectivity index (χ2n) is 7.29. The fraction of sp³-hybridized carbons (Fsp3) is 0.632. The Morgan fingerprint density at radius 1 is 1.12 bits per heavy atom. The number of halogens is 2. The molecule has 26 heavy (non-hydrogen) atoms. The minimum absolute atomic E-state index is 0.0195. The molecule has 1 atom stereocenters. The van der Waals surface area contributed by atoms with Crippen LogP contribution in [0.15, 0.2) is 18.2 Å². The molecule has 1 aromatic rings. The molecule has 5 nitrogen and oxygen atoms in total. The third kappa shape index (κ3) is 4.05. The lowest BCUT2D eigenvalue weighted by Gasteiger charge is -2.43. The Bertz CT molecular complexity index is 650. The molecule has 2 aliphatic rings. The van der Waals surface area contributed by atoms with Gasteiger partial charge in [0.1, 0.15) is 0 Å². The SMILES string of the molecule is CCN1CCN(C[C@@]2(O)CCCN(Cc3cccc(F)c3F)C2=O)CC1. The summed E-state index contributed by atoms with van der Waals surface area (Å²) in [6.07, 6.45) is 1.05. The quantitative estimate of drug-likeness (QED) is 0.856. The van der Waals surface area contributed by atoms with Crippen molar-refractivity contribution in [2.24, 2.45) is 0 Å². The maximum Gasteiger partial charge on any atom is 0.256 e. The van der Waals surface area contributed by atoms with Gasteiger partial charge >= 0.3 is 0 Å². The summed E-state index contributed by atoms with van der Waals surface area (Å²) in [5, 5.41) is 11.0. The number of hydrogen-bond acceptors (Lipinski definition) is 4. The number of nitrogens with zero attached hydrogens (tertiary/aromatic N) is 3. The molecule has 0 spiro atoms. The molecule has 1 N–H and O–H groups in total. The second-order valence-corrected chi connectivity index (χ2v) is 7.29. The third-order valence-electron chi connectivity index (χ3n) is 5.49. The molecule has 0 aromatic heterocycles. The van der Waals surface area contributed by atoms with Gasteiger partial charge in [-0.05, 0) is 25.5 Å². The van der Waals surface area contributed by atoms with Gasteiger partial charge in [0.25, 0.3) is 5.91 Å². The predicted molar refractivity (Wildman–Crippen MR) is 94.5 cm³/mol. The molecule has 2 heterocycles. The average Bonchev–Trinajstić information content (AvgIpc) is 2.63. The number of benzene rings is 1. The van der Waals surface area contributed by atoms with Crippen molar-refractivity contribution in [2.45, 2.75) is 31.9 Å². The van der Waals surface area contributed by atoms with Crippen LogP contribution in [0.2, 0.25) is 0 Å². The standard InChI is InChI=1S/C19H27F2N3O2/c1-2-22-9-11-23(12-10-22)14-19(26)7-4-8-24(18(19)25)13-15-5-3-6-16(20)17(15)21/h3,5-6,26H,2,4,7-14H2,1H3/t19-/m0/s1. The first kappa shape index (κ1) is 19.2. The molecular formula is C19H27F2N3O2. The molecule has 144 valence electrons. The number of hydrogen-bond donors (Lipinski definition) is 1. The number of piperazine rings is 1. The third-order valence-corrected chi connectivity index (χ3v) is 5.49. The Hall–Kier alpha value is -1.57. The minimum atomic E-state index is -1.45. The van der Waals surface area contributed by atoms with Crippen LogP contribution in [0.4, 0.5) is 8.78 Å². The van der Waals surface area contributed by atoms with E-state index in [1.165, 1.54) is 17.0 Å². The van der Waals surface area contributed by atoms with E-state index in [1.807, 2.05) is 0 Å². The molecule has 0 aliphatic carbocycles. The van der Waals surface area contributed by atoms with Crippen molar-refractivity contribution in [1.29, 1.82) is 0 Å². The van der Waals surface area contributed by atoms with E-state index in [2.05, 4.69) is 16.7 Å². The highest BCUT2D eigenvalue weighted by Gasteiger charge is 2.43. The van der Waals surface area contributed by atoms with E-state index in [-0.39, 0.29) is 18.0 Å². The highest BCUT2D eigenvalue weighted by molar-refractivity contribution is 5.86. The summed E-state index contributed by atoms with van der Waals surface area (Å²) in [7, 11) is 0. The maximum atomic E-state index is 13.9.